The summed E-state index contributed by atoms with van der Waals surface area (Å²) in [6.07, 6.45) is 2.69. The van der Waals surface area contributed by atoms with Crippen molar-refractivity contribution in [2.24, 2.45) is 10.7 Å². The second kappa shape index (κ2) is 4.80. The minimum atomic E-state index is -0.0121. The number of nitrogens with zero attached hydrogens (tertiary/aromatic N) is 1. The number of guanidine groups is 1. The van der Waals surface area contributed by atoms with E-state index in [1.807, 2.05) is 26.8 Å². The van der Waals surface area contributed by atoms with E-state index in [0.29, 0.717) is 12.5 Å². The van der Waals surface area contributed by atoms with Crippen molar-refractivity contribution in [1.82, 2.24) is 5.32 Å². The fraction of sp³-hybridized carbons (Fsp3) is 0.667. The van der Waals surface area contributed by atoms with Crippen molar-refractivity contribution in [3.8, 4) is 0 Å². The molecule has 0 saturated heterocycles. The van der Waals surface area contributed by atoms with Crippen LogP contribution < -0.4 is 11.1 Å². The molecule has 0 aromatic carbocycles. The van der Waals surface area contributed by atoms with Crippen molar-refractivity contribution in [3.05, 3.63) is 12.7 Å². The zero-order valence-corrected chi connectivity index (χ0v) is 8.22. The molecule has 0 aliphatic heterocycles. The smallest absolute Gasteiger partial charge is 0.188 e. The first-order valence-corrected chi connectivity index (χ1v) is 4.15. The summed E-state index contributed by atoms with van der Waals surface area (Å²) < 4.78 is 0. The lowest BCUT2D eigenvalue weighted by Gasteiger charge is -2.20. The number of hydrogen-bond acceptors (Lipinski definition) is 1. The molecule has 0 atom stereocenters. The van der Waals surface area contributed by atoms with Crippen LogP contribution in [0.2, 0.25) is 0 Å². The third kappa shape index (κ3) is 7.12. The summed E-state index contributed by atoms with van der Waals surface area (Å²) >= 11 is 0. The van der Waals surface area contributed by atoms with Gasteiger partial charge in [0.15, 0.2) is 5.96 Å². The Morgan fingerprint density at radius 2 is 2.17 bits per heavy atom. The van der Waals surface area contributed by atoms with Gasteiger partial charge in [-0.2, -0.15) is 0 Å². The SMILES string of the molecule is C=CCCN=C(N)NC(C)(C)C. The third-order valence-electron chi connectivity index (χ3n) is 1.12. The number of rotatable bonds is 3. The highest BCUT2D eigenvalue weighted by atomic mass is 15.1. The van der Waals surface area contributed by atoms with Crippen molar-refractivity contribution < 1.29 is 0 Å². The molecule has 0 heterocycles. The van der Waals surface area contributed by atoms with E-state index in [1.165, 1.54) is 0 Å². The Morgan fingerprint density at radius 3 is 2.58 bits per heavy atom. The molecule has 0 aliphatic rings. The average molecular weight is 169 g/mol. The molecule has 3 heteroatoms. The molecule has 70 valence electrons. The summed E-state index contributed by atoms with van der Waals surface area (Å²) in [7, 11) is 0. The van der Waals surface area contributed by atoms with Crippen molar-refractivity contribution in [1.29, 1.82) is 0 Å². The molecule has 0 saturated carbocycles. The van der Waals surface area contributed by atoms with Crippen LogP contribution in [0.4, 0.5) is 0 Å². The zero-order chi connectivity index (χ0) is 9.61. The van der Waals surface area contributed by atoms with Gasteiger partial charge in [0.2, 0.25) is 0 Å². The molecule has 0 spiro atoms. The van der Waals surface area contributed by atoms with E-state index in [-0.39, 0.29) is 5.54 Å². The quantitative estimate of drug-likeness (QED) is 0.289. The highest BCUT2D eigenvalue weighted by Gasteiger charge is 2.08. The lowest BCUT2D eigenvalue weighted by Crippen LogP contribution is -2.45. The topological polar surface area (TPSA) is 50.4 Å². The minimum Gasteiger partial charge on any atom is -0.370 e. The second-order valence-corrected chi connectivity index (χ2v) is 3.72. The summed E-state index contributed by atoms with van der Waals surface area (Å²) in [4.78, 5) is 4.11. The van der Waals surface area contributed by atoms with Crippen LogP contribution >= 0.6 is 0 Å². The predicted molar refractivity (Wildman–Crippen MR) is 54.2 cm³/mol. The maximum atomic E-state index is 5.61. The van der Waals surface area contributed by atoms with Gasteiger partial charge in [0.1, 0.15) is 0 Å². The van der Waals surface area contributed by atoms with Gasteiger partial charge in [0.25, 0.3) is 0 Å². The van der Waals surface area contributed by atoms with E-state index in [2.05, 4.69) is 16.9 Å². The van der Waals surface area contributed by atoms with Crippen LogP contribution in [0.15, 0.2) is 17.6 Å². The van der Waals surface area contributed by atoms with Crippen LogP contribution in [0.5, 0.6) is 0 Å². The summed E-state index contributed by atoms with van der Waals surface area (Å²) in [5.41, 5.74) is 5.59. The predicted octanol–water partition coefficient (Wildman–Crippen LogP) is 1.27. The van der Waals surface area contributed by atoms with Crippen LogP contribution in [0, 0.1) is 0 Å². The number of aliphatic imine (C=N–C) groups is 1. The lowest BCUT2D eigenvalue weighted by atomic mass is 10.1. The van der Waals surface area contributed by atoms with Crippen LogP contribution in [-0.2, 0) is 0 Å². The molecule has 0 bridgehead atoms. The minimum absolute atomic E-state index is 0.0121. The van der Waals surface area contributed by atoms with Crippen molar-refractivity contribution in [3.63, 3.8) is 0 Å². The number of hydrogen-bond donors (Lipinski definition) is 2. The molecule has 0 aliphatic carbocycles. The van der Waals surface area contributed by atoms with Crippen molar-refractivity contribution >= 4 is 5.96 Å². The zero-order valence-electron chi connectivity index (χ0n) is 8.22. The monoisotopic (exact) mass is 169 g/mol. The third-order valence-corrected chi connectivity index (χ3v) is 1.12. The Balaban J connectivity index is 3.77. The largest absolute Gasteiger partial charge is 0.370 e. The van der Waals surface area contributed by atoms with Gasteiger partial charge >= 0.3 is 0 Å². The molecule has 3 N–H and O–H groups in total. The average Bonchev–Trinajstić information content (AvgIpc) is 1.84. The summed E-state index contributed by atoms with van der Waals surface area (Å²) in [6.45, 7) is 10.4. The first-order valence-electron chi connectivity index (χ1n) is 4.15. The number of nitrogens with one attached hydrogen (secondary N) is 1. The van der Waals surface area contributed by atoms with Crippen LogP contribution in [-0.4, -0.2) is 18.0 Å². The summed E-state index contributed by atoms with van der Waals surface area (Å²) in [5, 5.41) is 3.07. The Kier molecular flexibility index (Phi) is 4.40. The molecule has 12 heavy (non-hydrogen) atoms. The van der Waals surface area contributed by atoms with Crippen LogP contribution in [0.25, 0.3) is 0 Å². The van der Waals surface area contributed by atoms with Crippen molar-refractivity contribution in [2.45, 2.75) is 32.7 Å². The van der Waals surface area contributed by atoms with Gasteiger partial charge in [-0.15, -0.1) is 6.58 Å². The maximum absolute atomic E-state index is 5.61. The Hall–Kier alpha value is -0.990. The van der Waals surface area contributed by atoms with Gasteiger partial charge in [0, 0.05) is 12.1 Å². The van der Waals surface area contributed by atoms with E-state index < -0.39 is 0 Å². The molecular weight excluding hydrogens is 150 g/mol. The second-order valence-electron chi connectivity index (χ2n) is 3.72. The first-order chi connectivity index (χ1) is 5.45. The van der Waals surface area contributed by atoms with Gasteiger partial charge in [-0.1, -0.05) is 6.08 Å². The van der Waals surface area contributed by atoms with Gasteiger partial charge in [-0.25, -0.2) is 0 Å². The summed E-state index contributed by atoms with van der Waals surface area (Å²) in [5.74, 6) is 0.504. The Morgan fingerprint density at radius 1 is 1.58 bits per heavy atom. The normalized spacial score (nSPS) is 12.8. The summed E-state index contributed by atoms with van der Waals surface area (Å²) in [6, 6.07) is 0. The van der Waals surface area contributed by atoms with Gasteiger partial charge in [0.05, 0.1) is 0 Å². The number of nitrogens with two attached hydrogens (primary N) is 1. The molecule has 0 unspecified atom stereocenters. The highest BCUT2D eigenvalue weighted by Crippen LogP contribution is 1.96. The molecular formula is C9H19N3. The fourth-order valence-electron chi connectivity index (χ4n) is 0.700. The van der Waals surface area contributed by atoms with Crippen LogP contribution in [0.1, 0.15) is 27.2 Å². The van der Waals surface area contributed by atoms with Gasteiger partial charge < -0.3 is 11.1 Å². The molecule has 0 aromatic rings. The van der Waals surface area contributed by atoms with E-state index in [1.54, 1.807) is 0 Å². The van der Waals surface area contributed by atoms with E-state index in [0.717, 1.165) is 6.42 Å². The van der Waals surface area contributed by atoms with Gasteiger partial charge in [-0.05, 0) is 27.2 Å². The van der Waals surface area contributed by atoms with E-state index in [4.69, 9.17) is 5.73 Å². The van der Waals surface area contributed by atoms with Gasteiger partial charge in [-0.3, -0.25) is 4.99 Å². The molecule has 0 aromatic heterocycles. The van der Waals surface area contributed by atoms with Crippen molar-refractivity contribution in [2.75, 3.05) is 6.54 Å². The molecule has 0 radical (unpaired) electrons. The fourth-order valence-corrected chi connectivity index (χ4v) is 0.700. The standard InChI is InChI=1S/C9H19N3/c1-5-6-7-11-8(10)12-9(2,3)4/h5H,1,6-7H2,2-4H3,(H3,10,11,12). The molecule has 3 nitrogen and oxygen atoms in total. The maximum Gasteiger partial charge on any atom is 0.188 e. The molecule has 0 fully saturated rings. The van der Waals surface area contributed by atoms with Crippen LogP contribution in [0.3, 0.4) is 0 Å². The molecule has 0 amide bonds. The first kappa shape index (κ1) is 11.0. The Labute approximate surface area is 74.8 Å². The van der Waals surface area contributed by atoms with E-state index in [9.17, 15) is 0 Å². The Bertz CT molecular complexity index is 165. The highest BCUT2D eigenvalue weighted by molar-refractivity contribution is 5.78. The van der Waals surface area contributed by atoms with E-state index >= 15 is 0 Å². The molecule has 0 rings (SSSR count). The lowest BCUT2D eigenvalue weighted by molar-refractivity contribution is 0.508.